The number of amides is 6. The zero-order valence-electron chi connectivity index (χ0n) is 31.5. The number of rotatable bonds is 17. The number of carbonyl (C=O) groups excluding carboxylic acids is 5. The summed E-state index contributed by atoms with van der Waals surface area (Å²) in [5, 5.41) is 8.40. The first-order chi connectivity index (χ1) is 27.1. The maximum atomic E-state index is 13.3. The van der Waals surface area contributed by atoms with Crippen LogP contribution in [-0.2, 0) is 45.3 Å². The number of nitrogens with one attached hydrogen (secondary N) is 4. The maximum absolute atomic E-state index is 13.3. The number of hydrogen-bond donors (Lipinski definition) is 4. The van der Waals surface area contributed by atoms with Crippen LogP contribution in [0.2, 0.25) is 0 Å². The number of imide groups is 2. The molecule has 0 aromatic heterocycles. The van der Waals surface area contributed by atoms with E-state index in [-0.39, 0.29) is 28.9 Å². The van der Waals surface area contributed by atoms with Gasteiger partial charge in [-0.3, -0.25) is 29.4 Å². The number of fused-ring (bicyclic) bond motifs is 3. The van der Waals surface area contributed by atoms with Crippen molar-refractivity contribution in [1.82, 2.24) is 14.9 Å². The van der Waals surface area contributed by atoms with E-state index in [9.17, 15) is 32.4 Å². The Bertz CT molecular complexity index is 2100. The van der Waals surface area contributed by atoms with Gasteiger partial charge in [-0.2, -0.15) is 0 Å². The van der Waals surface area contributed by atoms with Gasteiger partial charge >= 0.3 is 6.03 Å². The molecule has 1 fully saturated rings. The lowest BCUT2D eigenvalue weighted by Gasteiger charge is -2.27. The van der Waals surface area contributed by atoms with Gasteiger partial charge in [0.2, 0.25) is 11.8 Å². The fourth-order valence-corrected chi connectivity index (χ4v) is 9.27. The van der Waals surface area contributed by atoms with Crippen LogP contribution in [0.25, 0.3) is 0 Å². The van der Waals surface area contributed by atoms with E-state index < -0.39 is 45.7 Å². The molecule has 2 aliphatic carbocycles. The van der Waals surface area contributed by atoms with Crippen molar-refractivity contribution in [1.29, 1.82) is 0 Å². The average Bonchev–Trinajstić information content (AvgIpc) is 3.91. The third-order valence-corrected chi connectivity index (χ3v) is 12.5. The lowest BCUT2D eigenvalue weighted by atomic mass is 9.99. The third-order valence-electron chi connectivity index (χ3n) is 11.2. The summed E-state index contributed by atoms with van der Waals surface area (Å²) in [6.07, 6.45) is 14.2. The standard InChI is InChI=1S/C42H49N5O8S/c48-36-23-22-35(39(49)44-36)47-40(50)33-16-11-17-34(37(33)41(47)51)43-24-7-5-3-1-2-4-6-8-25-55-29-18-20-30(21-19-29)56(53,54)46-42(52)45-38-31-14-9-12-27(31)26-28-13-10-15-32(28)38/h11,16-21,26,35,43H,1-10,12-15,22-25H2,(H,44,48,49)(H2,45,46,52). The van der Waals surface area contributed by atoms with Crippen molar-refractivity contribution in [3.63, 3.8) is 0 Å². The highest BCUT2D eigenvalue weighted by molar-refractivity contribution is 7.90. The van der Waals surface area contributed by atoms with Gasteiger partial charge in [-0.1, -0.05) is 50.7 Å². The summed E-state index contributed by atoms with van der Waals surface area (Å²) < 4.78 is 34.0. The summed E-state index contributed by atoms with van der Waals surface area (Å²) in [4.78, 5) is 64.1. The number of urea groups is 1. The second-order valence-electron chi connectivity index (χ2n) is 15.0. The summed E-state index contributed by atoms with van der Waals surface area (Å²) in [6.45, 7) is 1.16. The number of aryl methyl sites for hydroxylation is 2. The molecule has 13 nitrogen and oxygen atoms in total. The Hall–Kier alpha value is -5.24. The molecule has 1 unspecified atom stereocenters. The Kier molecular flexibility index (Phi) is 12.0. The molecule has 0 bridgehead atoms. The van der Waals surface area contributed by atoms with Crippen LogP contribution in [0.4, 0.5) is 16.2 Å². The molecule has 1 saturated heterocycles. The van der Waals surface area contributed by atoms with Gasteiger partial charge in [0.05, 0.1) is 22.6 Å². The lowest BCUT2D eigenvalue weighted by Crippen LogP contribution is -2.54. The third kappa shape index (κ3) is 8.59. The van der Waals surface area contributed by atoms with Crippen molar-refractivity contribution < 1.29 is 37.1 Å². The van der Waals surface area contributed by atoms with Crippen LogP contribution in [-0.4, -0.2) is 62.2 Å². The minimum atomic E-state index is -4.06. The Labute approximate surface area is 327 Å². The lowest BCUT2D eigenvalue weighted by molar-refractivity contribution is -0.136. The SMILES string of the molecule is O=C1CCC(N2C(=O)c3cccc(NCCCCCCCCCCOc4ccc(S(=O)(=O)NC(=O)Nc5c6c(cc7c5CCC7)CCC6)cc4)c3C2=O)C(=O)N1. The number of carbonyl (C=O) groups is 5. The fourth-order valence-electron chi connectivity index (χ4n) is 8.37. The molecule has 2 heterocycles. The first kappa shape index (κ1) is 39.0. The molecule has 56 heavy (non-hydrogen) atoms. The normalized spacial score (nSPS) is 17.4. The maximum Gasteiger partial charge on any atom is 0.333 e. The highest BCUT2D eigenvalue weighted by Gasteiger charge is 2.45. The monoisotopic (exact) mass is 783 g/mol. The van der Waals surface area contributed by atoms with Crippen molar-refractivity contribution in [2.75, 3.05) is 23.8 Å². The number of sulfonamides is 1. The second kappa shape index (κ2) is 17.3. The van der Waals surface area contributed by atoms with Gasteiger partial charge in [-0.15, -0.1) is 0 Å². The quantitative estimate of drug-likeness (QED) is 0.0918. The zero-order valence-corrected chi connectivity index (χ0v) is 32.4. The van der Waals surface area contributed by atoms with E-state index >= 15 is 0 Å². The van der Waals surface area contributed by atoms with Gasteiger partial charge in [0.25, 0.3) is 21.8 Å². The summed E-state index contributed by atoms with van der Waals surface area (Å²) >= 11 is 0. The molecular weight excluding hydrogens is 735 g/mol. The van der Waals surface area contributed by atoms with Gasteiger partial charge < -0.3 is 15.4 Å². The molecule has 14 heteroatoms. The van der Waals surface area contributed by atoms with E-state index in [1.165, 1.54) is 23.3 Å². The van der Waals surface area contributed by atoms with Crippen LogP contribution >= 0.6 is 0 Å². The van der Waals surface area contributed by atoms with Gasteiger partial charge in [-0.25, -0.2) is 17.9 Å². The Balaban J connectivity index is 0.753. The molecular formula is C42H49N5O8S. The molecule has 3 aromatic carbocycles. The predicted octanol–water partition coefficient (Wildman–Crippen LogP) is 6.19. The first-order valence-electron chi connectivity index (χ1n) is 19.9. The van der Waals surface area contributed by atoms with Crippen LogP contribution < -0.4 is 25.4 Å². The van der Waals surface area contributed by atoms with Gasteiger partial charge in [-0.05, 0) is 116 Å². The minimum Gasteiger partial charge on any atom is -0.494 e. The molecule has 0 radical (unpaired) electrons. The number of unbranched alkanes of at least 4 members (excludes halogenated alkanes) is 7. The number of piperidine rings is 1. The molecule has 1 atom stereocenters. The van der Waals surface area contributed by atoms with Crippen molar-refractivity contribution in [3.8, 4) is 5.75 Å². The van der Waals surface area contributed by atoms with E-state index in [2.05, 4.69) is 26.7 Å². The predicted molar refractivity (Wildman–Crippen MR) is 210 cm³/mol. The van der Waals surface area contributed by atoms with E-state index in [0.717, 1.165) is 112 Å². The highest BCUT2D eigenvalue weighted by Crippen LogP contribution is 2.39. The highest BCUT2D eigenvalue weighted by atomic mass is 32.2. The second-order valence-corrected chi connectivity index (χ2v) is 16.7. The van der Waals surface area contributed by atoms with E-state index in [4.69, 9.17) is 4.74 Å². The van der Waals surface area contributed by atoms with Gasteiger partial charge in [0, 0.05) is 24.3 Å². The summed E-state index contributed by atoms with van der Waals surface area (Å²) in [5.41, 5.74) is 6.71. The Morgan fingerprint density at radius 3 is 2.12 bits per heavy atom. The van der Waals surface area contributed by atoms with Crippen LogP contribution in [0.1, 0.15) is 120 Å². The topological polar surface area (TPSA) is 180 Å². The molecule has 2 aliphatic heterocycles. The number of hydrogen-bond acceptors (Lipinski definition) is 9. The van der Waals surface area contributed by atoms with Crippen LogP contribution in [0, 0.1) is 0 Å². The van der Waals surface area contributed by atoms with Crippen molar-refractivity contribution in [2.45, 2.75) is 114 Å². The Morgan fingerprint density at radius 1 is 0.786 bits per heavy atom. The van der Waals surface area contributed by atoms with E-state index in [1.54, 1.807) is 30.3 Å². The number of nitrogens with zero attached hydrogens (tertiary/aromatic N) is 1. The van der Waals surface area contributed by atoms with Crippen molar-refractivity contribution >= 4 is 51.1 Å². The molecule has 4 N–H and O–H groups in total. The largest absolute Gasteiger partial charge is 0.494 e. The molecule has 4 aliphatic rings. The van der Waals surface area contributed by atoms with Crippen molar-refractivity contribution in [3.05, 3.63) is 81.9 Å². The van der Waals surface area contributed by atoms with Crippen LogP contribution in [0.3, 0.4) is 0 Å². The van der Waals surface area contributed by atoms with Crippen LogP contribution in [0.15, 0.2) is 53.4 Å². The smallest absolute Gasteiger partial charge is 0.333 e. The fraction of sp³-hybridized carbons (Fsp3) is 0.452. The number of anilines is 2. The van der Waals surface area contributed by atoms with Crippen molar-refractivity contribution in [2.24, 2.45) is 0 Å². The minimum absolute atomic E-state index is 0.00663. The molecule has 0 saturated carbocycles. The van der Waals surface area contributed by atoms with Gasteiger partial charge in [0.15, 0.2) is 0 Å². The van der Waals surface area contributed by atoms with E-state index in [0.29, 0.717) is 24.6 Å². The zero-order chi connectivity index (χ0) is 39.2. The van der Waals surface area contributed by atoms with E-state index in [1.807, 2.05) is 0 Å². The molecule has 296 valence electrons. The molecule has 7 rings (SSSR count). The first-order valence-corrected chi connectivity index (χ1v) is 21.4. The van der Waals surface area contributed by atoms with Crippen LogP contribution in [0.5, 0.6) is 5.75 Å². The summed E-state index contributed by atoms with van der Waals surface area (Å²) in [7, 11) is -4.06. The molecule has 6 amide bonds. The van der Waals surface area contributed by atoms with Gasteiger partial charge in [0.1, 0.15) is 11.8 Å². The Morgan fingerprint density at radius 2 is 1.45 bits per heavy atom. The number of ether oxygens (including phenoxy) is 1. The summed E-state index contributed by atoms with van der Waals surface area (Å²) in [5.74, 6) is -1.48. The number of benzene rings is 3. The molecule has 3 aromatic rings. The molecule has 0 spiro atoms. The summed E-state index contributed by atoms with van der Waals surface area (Å²) in [6, 6.07) is 11.7. The average molecular weight is 784 g/mol.